The molecule has 2 amide bonds. The zero-order valence-corrected chi connectivity index (χ0v) is 17.0. The van der Waals surface area contributed by atoms with Gasteiger partial charge in [-0.05, 0) is 54.3 Å². The third-order valence-corrected chi connectivity index (χ3v) is 5.08. The van der Waals surface area contributed by atoms with Crippen molar-refractivity contribution in [1.82, 2.24) is 0 Å². The highest BCUT2D eigenvalue weighted by Gasteiger charge is 2.25. The normalized spacial score (nSPS) is 13.7. The molecule has 4 nitrogen and oxygen atoms in total. The summed E-state index contributed by atoms with van der Waals surface area (Å²) in [5, 5.41) is 3.30. The molecule has 0 saturated heterocycles. The Labute approximate surface area is 166 Å². The zero-order chi connectivity index (χ0) is 18.8. The molecule has 0 spiro atoms. The maximum Gasteiger partial charge on any atom is 0.257 e. The number of amides is 2. The molecule has 136 valence electrons. The summed E-state index contributed by atoms with van der Waals surface area (Å²) in [4.78, 5) is 26.6. The molecule has 0 unspecified atom stereocenters. The van der Waals surface area contributed by atoms with Crippen molar-refractivity contribution in [3.63, 3.8) is 0 Å². The van der Waals surface area contributed by atoms with Crippen LogP contribution in [0, 0.1) is 5.92 Å². The number of nitrogens with zero attached hydrogens (tertiary/aromatic N) is 1. The van der Waals surface area contributed by atoms with Crippen LogP contribution in [0.15, 0.2) is 40.9 Å². The quantitative estimate of drug-likeness (QED) is 0.709. The predicted molar refractivity (Wildman–Crippen MR) is 109 cm³/mol. The summed E-state index contributed by atoms with van der Waals surface area (Å²) in [5.41, 5.74) is 3.12. The second-order valence-corrected chi connectivity index (χ2v) is 8.14. The van der Waals surface area contributed by atoms with Gasteiger partial charge in [0, 0.05) is 28.8 Å². The summed E-state index contributed by atoms with van der Waals surface area (Å²) < 4.78 is 0.792. The van der Waals surface area contributed by atoms with E-state index in [4.69, 9.17) is 11.6 Å². The van der Waals surface area contributed by atoms with E-state index in [0.717, 1.165) is 15.7 Å². The molecule has 1 aliphatic rings. The fourth-order valence-electron chi connectivity index (χ4n) is 3.07. The molecule has 1 heterocycles. The molecule has 6 heteroatoms. The first-order chi connectivity index (χ1) is 12.3. The summed E-state index contributed by atoms with van der Waals surface area (Å²) in [6, 6.07) is 10.8. The fraction of sp³-hybridized carbons (Fsp3) is 0.300. The molecule has 0 aliphatic carbocycles. The second-order valence-electron chi connectivity index (χ2n) is 6.82. The Bertz CT molecular complexity index is 867. The van der Waals surface area contributed by atoms with Crippen molar-refractivity contribution >= 4 is 50.7 Å². The smallest absolute Gasteiger partial charge is 0.257 e. The molecule has 0 fully saturated rings. The van der Waals surface area contributed by atoms with Crippen LogP contribution >= 0.6 is 27.5 Å². The molecule has 1 aliphatic heterocycles. The Morgan fingerprint density at radius 3 is 2.73 bits per heavy atom. The first-order valence-corrected chi connectivity index (χ1v) is 9.72. The summed E-state index contributed by atoms with van der Waals surface area (Å²) in [6.45, 7) is 4.89. The molecule has 0 bridgehead atoms. The van der Waals surface area contributed by atoms with E-state index >= 15 is 0 Å². The van der Waals surface area contributed by atoms with E-state index in [0.29, 0.717) is 41.6 Å². The van der Waals surface area contributed by atoms with Crippen molar-refractivity contribution in [1.29, 1.82) is 0 Å². The summed E-state index contributed by atoms with van der Waals surface area (Å²) >= 11 is 9.49. The van der Waals surface area contributed by atoms with Gasteiger partial charge >= 0.3 is 0 Å². The molecular formula is C20H20BrClN2O2. The van der Waals surface area contributed by atoms with E-state index in [9.17, 15) is 9.59 Å². The van der Waals surface area contributed by atoms with Crippen LogP contribution in [0.1, 0.15) is 36.2 Å². The Hall–Kier alpha value is -1.85. The summed E-state index contributed by atoms with van der Waals surface area (Å²) in [5.74, 6) is 0.286. The molecule has 3 rings (SSSR count). The van der Waals surface area contributed by atoms with Gasteiger partial charge in [-0.1, -0.05) is 41.4 Å². The Balaban J connectivity index is 1.84. The molecule has 0 radical (unpaired) electrons. The van der Waals surface area contributed by atoms with E-state index in [1.54, 1.807) is 18.2 Å². The van der Waals surface area contributed by atoms with E-state index in [1.165, 1.54) is 0 Å². The Morgan fingerprint density at radius 1 is 1.23 bits per heavy atom. The monoisotopic (exact) mass is 434 g/mol. The van der Waals surface area contributed by atoms with Gasteiger partial charge < -0.3 is 10.2 Å². The Kier molecular flexibility index (Phi) is 5.68. The van der Waals surface area contributed by atoms with Gasteiger partial charge in [-0.15, -0.1) is 0 Å². The van der Waals surface area contributed by atoms with Crippen LogP contribution in [0.2, 0.25) is 5.02 Å². The Morgan fingerprint density at radius 2 is 2.00 bits per heavy atom. The number of hydrogen-bond acceptors (Lipinski definition) is 2. The molecule has 0 aromatic heterocycles. The van der Waals surface area contributed by atoms with Crippen molar-refractivity contribution < 1.29 is 9.59 Å². The van der Waals surface area contributed by atoms with Crippen LogP contribution < -0.4 is 10.2 Å². The molecule has 2 aromatic carbocycles. The lowest BCUT2D eigenvalue weighted by molar-refractivity contribution is -0.119. The van der Waals surface area contributed by atoms with E-state index in [-0.39, 0.29) is 11.8 Å². The lowest BCUT2D eigenvalue weighted by atomic mass is 9.99. The predicted octanol–water partition coefficient (Wildman–Crippen LogP) is 5.29. The van der Waals surface area contributed by atoms with Crippen LogP contribution in [0.3, 0.4) is 0 Å². The summed E-state index contributed by atoms with van der Waals surface area (Å²) in [7, 11) is 0. The lowest BCUT2D eigenvalue weighted by Gasteiger charge is -2.31. The minimum atomic E-state index is -0.262. The molecular weight excluding hydrogens is 416 g/mol. The van der Waals surface area contributed by atoms with Crippen LogP contribution in [0.25, 0.3) is 0 Å². The zero-order valence-electron chi connectivity index (χ0n) is 14.7. The number of anilines is 2. The molecule has 2 aromatic rings. The van der Waals surface area contributed by atoms with Gasteiger partial charge in [0.15, 0.2) is 0 Å². The standard InChI is InChI=1S/C20H20BrClN2O2/c1-12(2)11-24-18-7-5-15(9-13(18)3-8-19(24)25)23-20(26)16-10-14(21)4-6-17(16)22/h4-7,9-10,12H,3,8,11H2,1-2H3,(H,23,26). The molecule has 0 saturated carbocycles. The minimum Gasteiger partial charge on any atom is -0.322 e. The number of fused-ring (bicyclic) bond motifs is 1. The van der Waals surface area contributed by atoms with E-state index in [2.05, 4.69) is 35.1 Å². The first kappa shape index (κ1) is 18.9. The third-order valence-electron chi connectivity index (χ3n) is 4.26. The van der Waals surface area contributed by atoms with Crippen LogP contribution in [-0.4, -0.2) is 18.4 Å². The van der Waals surface area contributed by atoms with Gasteiger partial charge in [0.25, 0.3) is 5.91 Å². The summed E-state index contributed by atoms with van der Waals surface area (Å²) in [6.07, 6.45) is 1.18. The second kappa shape index (κ2) is 7.80. The number of nitrogens with one attached hydrogen (secondary N) is 1. The van der Waals surface area contributed by atoms with Crippen molar-refractivity contribution in [2.45, 2.75) is 26.7 Å². The molecule has 26 heavy (non-hydrogen) atoms. The van der Waals surface area contributed by atoms with Gasteiger partial charge in [0.1, 0.15) is 0 Å². The molecule has 0 atom stereocenters. The van der Waals surface area contributed by atoms with Crippen LogP contribution in [0.4, 0.5) is 11.4 Å². The topological polar surface area (TPSA) is 49.4 Å². The number of hydrogen-bond donors (Lipinski definition) is 1. The van der Waals surface area contributed by atoms with Crippen molar-refractivity contribution in [3.8, 4) is 0 Å². The molecule has 1 N–H and O–H groups in total. The average molecular weight is 436 g/mol. The van der Waals surface area contributed by atoms with Gasteiger partial charge in [-0.2, -0.15) is 0 Å². The highest BCUT2D eigenvalue weighted by molar-refractivity contribution is 9.10. The van der Waals surface area contributed by atoms with E-state index in [1.807, 2.05) is 23.1 Å². The van der Waals surface area contributed by atoms with Crippen molar-refractivity contribution in [2.75, 3.05) is 16.8 Å². The fourth-order valence-corrected chi connectivity index (χ4v) is 3.64. The van der Waals surface area contributed by atoms with Crippen molar-refractivity contribution in [3.05, 3.63) is 57.0 Å². The number of carbonyl (C=O) groups excluding carboxylic acids is 2. The minimum absolute atomic E-state index is 0.156. The van der Waals surface area contributed by atoms with Crippen molar-refractivity contribution in [2.24, 2.45) is 5.92 Å². The number of carbonyl (C=O) groups is 2. The number of halogens is 2. The van der Waals surface area contributed by atoms with E-state index < -0.39 is 0 Å². The SMILES string of the molecule is CC(C)CN1C(=O)CCc2cc(NC(=O)c3cc(Br)ccc3Cl)ccc21. The number of aryl methyl sites for hydroxylation is 1. The largest absolute Gasteiger partial charge is 0.322 e. The highest BCUT2D eigenvalue weighted by Crippen LogP contribution is 2.31. The van der Waals surface area contributed by atoms with Gasteiger partial charge in [0.2, 0.25) is 5.91 Å². The van der Waals surface area contributed by atoms with Crippen LogP contribution in [0.5, 0.6) is 0 Å². The lowest BCUT2D eigenvalue weighted by Crippen LogP contribution is -2.37. The number of benzene rings is 2. The van der Waals surface area contributed by atoms with Gasteiger partial charge in [-0.25, -0.2) is 0 Å². The first-order valence-electron chi connectivity index (χ1n) is 8.55. The average Bonchev–Trinajstić information content (AvgIpc) is 2.59. The van der Waals surface area contributed by atoms with Crippen LogP contribution in [-0.2, 0) is 11.2 Å². The maximum atomic E-state index is 12.5. The third kappa shape index (κ3) is 4.10. The highest BCUT2D eigenvalue weighted by atomic mass is 79.9. The van der Waals surface area contributed by atoms with Gasteiger partial charge in [0.05, 0.1) is 10.6 Å². The van der Waals surface area contributed by atoms with Gasteiger partial charge in [-0.3, -0.25) is 9.59 Å². The number of rotatable bonds is 4. The maximum absolute atomic E-state index is 12.5.